The molecule has 0 bridgehead atoms. The zero-order valence-corrected chi connectivity index (χ0v) is 14.7. The fourth-order valence-corrected chi connectivity index (χ4v) is 3.29. The number of imidazole rings is 1. The maximum Gasteiger partial charge on any atom is 0.261 e. The van der Waals surface area contributed by atoms with Gasteiger partial charge >= 0.3 is 0 Å². The van der Waals surface area contributed by atoms with Gasteiger partial charge in [-0.3, -0.25) is 18.7 Å². The van der Waals surface area contributed by atoms with E-state index < -0.39 is 0 Å². The molecule has 0 aliphatic rings. The zero-order chi connectivity index (χ0) is 19.1. The monoisotopic (exact) mass is 371 g/mol. The Hall–Kier alpha value is -3.87. The van der Waals surface area contributed by atoms with Crippen molar-refractivity contribution >= 4 is 16.6 Å². The van der Waals surface area contributed by atoms with E-state index in [4.69, 9.17) is 0 Å². The predicted molar refractivity (Wildman–Crippen MR) is 103 cm³/mol. The maximum absolute atomic E-state index is 14.8. The van der Waals surface area contributed by atoms with Crippen molar-refractivity contribution < 1.29 is 4.39 Å². The van der Waals surface area contributed by atoms with E-state index in [1.165, 1.54) is 23.2 Å². The third-order valence-electron chi connectivity index (χ3n) is 4.73. The second-order valence-corrected chi connectivity index (χ2v) is 6.45. The predicted octanol–water partition coefficient (Wildman–Crippen LogP) is 3.29. The van der Waals surface area contributed by atoms with Gasteiger partial charge in [0.1, 0.15) is 11.5 Å². The highest BCUT2D eigenvalue weighted by molar-refractivity contribution is 5.75. The average molecular weight is 371 g/mol. The molecular weight excluding hydrogens is 357 g/mol. The van der Waals surface area contributed by atoms with E-state index in [1.807, 2.05) is 34.9 Å². The van der Waals surface area contributed by atoms with Gasteiger partial charge in [0.25, 0.3) is 5.56 Å². The van der Waals surface area contributed by atoms with Crippen LogP contribution in [0.1, 0.15) is 5.56 Å². The van der Waals surface area contributed by atoms with E-state index in [0.717, 1.165) is 16.9 Å². The van der Waals surface area contributed by atoms with Crippen molar-refractivity contribution in [2.45, 2.75) is 6.54 Å². The number of rotatable bonds is 3. The second kappa shape index (κ2) is 6.38. The molecule has 6 nitrogen and oxygen atoms in total. The Morgan fingerprint density at radius 2 is 1.96 bits per heavy atom. The summed E-state index contributed by atoms with van der Waals surface area (Å²) in [5, 5.41) is 0.459. The Bertz CT molecular complexity index is 1390. The molecule has 0 unspecified atom stereocenters. The van der Waals surface area contributed by atoms with Gasteiger partial charge in [-0.25, -0.2) is 14.4 Å². The van der Waals surface area contributed by atoms with Gasteiger partial charge in [-0.2, -0.15) is 0 Å². The number of pyridine rings is 2. The van der Waals surface area contributed by atoms with Crippen LogP contribution in [0.2, 0.25) is 0 Å². The molecular formula is C21H14FN5O. The summed E-state index contributed by atoms with van der Waals surface area (Å²) in [6, 6.07) is 12.3. The minimum absolute atomic E-state index is 0.101. The number of halogens is 1. The molecule has 28 heavy (non-hydrogen) atoms. The van der Waals surface area contributed by atoms with Crippen molar-refractivity contribution in [3.05, 3.63) is 95.3 Å². The van der Waals surface area contributed by atoms with E-state index in [-0.39, 0.29) is 17.9 Å². The molecule has 0 saturated heterocycles. The molecule has 0 aliphatic heterocycles. The quantitative estimate of drug-likeness (QED) is 0.488. The van der Waals surface area contributed by atoms with Gasteiger partial charge in [-0.1, -0.05) is 18.2 Å². The van der Waals surface area contributed by atoms with Crippen LogP contribution in [-0.2, 0) is 6.54 Å². The van der Waals surface area contributed by atoms with Crippen LogP contribution in [0, 0.1) is 5.82 Å². The number of hydrogen-bond donors (Lipinski definition) is 0. The van der Waals surface area contributed by atoms with Crippen LogP contribution < -0.4 is 5.56 Å². The number of nitrogens with zero attached hydrogens (tertiary/aromatic N) is 5. The highest BCUT2D eigenvalue weighted by Crippen LogP contribution is 2.23. The van der Waals surface area contributed by atoms with Gasteiger partial charge in [0.2, 0.25) is 0 Å². The number of benzene rings is 1. The largest absolute Gasteiger partial charge is 0.300 e. The second-order valence-electron chi connectivity index (χ2n) is 6.45. The fourth-order valence-electron chi connectivity index (χ4n) is 3.29. The van der Waals surface area contributed by atoms with E-state index in [9.17, 15) is 9.18 Å². The Balaban J connectivity index is 1.52. The maximum atomic E-state index is 14.8. The van der Waals surface area contributed by atoms with Gasteiger partial charge in [-0.15, -0.1) is 0 Å². The standard InChI is InChI=1S/C21H14FN5O/c22-17-9-14(19-11-24-20-3-1-2-8-27(19)20)4-5-15(17)12-26-13-25-18-10-23-7-6-16(18)21(26)28/h1-11,13H,12H2. The molecule has 0 amide bonds. The smallest absolute Gasteiger partial charge is 0.261 e. The summed E-state index contributed by atoms with van der Waals surface area (Å²) < 4.78 is 18.1. The highest BCUT2D eigenvalue weighted by atomic mass is 19.1. The summed E-state index contributed by atoms with van der Waals surface area (Å²) >= 11 is 0. The highest BCUT2D eigenvalue weighted by Gasteiger charge is 2.11. The lowest BCUT2D eigenvalue weighted by atomic mass is 10.1. The fraction of sp³-hybridized carbons (Fsp3) is 0.0476. The topological polar surface area (TPSA) is 65.1 Å². The summed E-state index contributed by atoms with van der Waals surface area (Å²) in [5.41, 5.74) is 3.03. The first kappa shape index (κ1) is 16.3. The molecule has 0 saturated carbocycles. The summed E-state index contributed by atoms with van der Waals surface area (Å²) in [4.78, 5) is 25.1. The Kier molecular flexibility index (Phi) is 3.72. The molecule has 7 heteroatoms. The Morgan fingerprint density at radius 3 is 2.86 bits per heavy atom. The van der Waals surface area contributed by atoms with E-state index in [0.29, 0.717) is 16.5 Å². The summed E-state index contributed by atoms with van der Waals surface area (Å²) in [5.74, 6) is -0.384. The molecule has 0 radical (unpaired) electrons. The molecule has 5 rings (SSSR count). The van der Waals surface area contributed by atoms with E-state index >= 15 is 0 Å². The van der Waals surface area contributed by atoms with Gasteiger partial charge < -0.3 is 0 Å². The van der Waals surface area contributed by atoms with Gasteiger partial charge in [0.05, 0.1) is 41.9 Å². The molecule has 0 atom stereocenters. The average Bonchev–Trinajstić information content (AvgIpc) is 3.16. The van der Waals surface area contributed by atoms with Crippen molar-refractivity contribution in [3.63, 3.8) is 0 Å². The molecule has 0 aliphatic carbocycles. The molecule has 0 spiro atoms. The third kappa shape index (κ3) is 2.64. The molecule has 5 aromatic rings. The zero-order valence-electron chi connectivity index (χ0n) is 14.7. The molecule has 136 valence electrons. The van der Waals surface area contributed by atoms with Gasteiger partial charge in [0.15, 0.2) is 0 Å². The summed E-state index contributed by atoms with van der Waals surface area (Å²) in [6.07, 6.45) is 8.10. The van der Waals surface area contributed by atoms with Crippen LogP contribution >= 0.6 is 0 Å². The van der Waals surface area contributed by atoms with Crippen molar-refractivity contribution in [1.82, 2.24) is 23.9 Å². The van der Waals surface area contributed by atoms with Crippen LogP contribution in [0.25, 0.3) is 27.8 Å². The lowest BCUT2D eigenvalue weighted by molar-refractivity contribution is 0.595. The first-order chi connectivity index (χ1) is 13.7. The van der Waals surface area contributed by atoms with E-state index in [2.05, 4.69) is 15.0 Å². The minimum atomic E-state index is -0.384. The van der Waals surface area contributed by atoms with Crippen molar-refractivity contribution in [1.29, 1.82) is 0 Å². The normalized spacial score (nSPS) is 11.3. The van der Waals surface area contributed by atoms with Crippen LogP contribution in [0.3, 0.4) is 0 Å². The lowest BCUT2D eigenvalue weighted by Gasteiger charge is -2.09. The SMILES string of the molecule is O=c1c2ccncc2ncn1Cc1ccc(-c2cnc3ccccn23)cc1F. The Morgan fingerprint density at radius 1 is 1.04 bits per heavy atom. The summed E-state index contributed by atoms with van der Waals surface area (Å²) in [6.45, 7) is 0.101. The van der Waals surface area contributed by atoms with Crippen LogP contribution in [-0.4, -0.2) is 23.9 Å². The van der Waals surface area contributed by atoms with Crippen molar-refractivity contribution in [2.24, 2.45) is 0 Å². The van der Waals surface area contributed by atoms with Gasteiger partial charge in [0, 0.05) is 23.5 Å². The first-order valence-corrected chi connectivity index (χ1v) is 8.71. The minimum Gasteiger partial charge on any atom is -0.300 e. The van der Waals surface area contributed by atoms with Crippen LogP contribution in [0.5, 0.6) is 0 Å². The van der Waals surface area contributed by atoms with Crippen molar-refractivity contribution in [3.8, 4) is 11.3 Å². The summed E-state index contributed by atoms with van der Waals surface area (Å²) in [7, 11) is 0. The van der Waals surface area contributed by atoms with Gasteiger partial charge in [-0.05, 0) is 24.3 Å². The molecule has 4 heterocycles. The molecule has 0 N–H and O–H groups in total. The number of hydrogen-bond acceptors (Lipinski definition) is 4. The Labute approximate surface area is 158 Å². The van der Waals surface area contributed by atoms with E-state index in [1.54, 1.807) is 24.5 Å². The first-order valence-electron chi connectivity index (χ1n) is 8.71. The van der Waals surface area contributed by atoms with Crippen LogP contribution in [0.4, 0.5) is 4.39 Å². The lowest BCUT2D eigenvalue weighted by Crippen LogP contribution is -2.21. The molecule has 4 aromatic heterocycles. The molecule has 0 fully saturated rings. The number of aromatic nitrogens is 5. The third-order valence-corrected chi connectivity index (χ3v) is 4.73. The number of fused-ring (bicyclic) bond motifs is 2. The van der Waals surface area contributed by atoms with Crippen molar-refractivity contribution in [2.75, 3.05) is 0 Å². The van der Waals surface area contributed by atoms with Crippen LogP contribution in [0.15, 0.2) is 78.4 Å². The molecule has 1 aromatic carbocycles.